The second kappa shape index (κ2) is 5.12. The summed E-state index contributed by atoms with van der Waals surface area (Å²) in [7, 11) is 2.18. The van der Waals surface area contributed by atoms with Gasteiger partial charge in [-0.15, -0.1) is 0 Å². The van der Waals surface area contributed by atoms with E-state index in [0.29, 0.717) is 5.82 Å². The zero-order valence-corrected chi connectivity index (χ0v) is 9.69. The molecule has 1 aliphatic rings. The van der Waals surface area contributed by atoms with Crippen LogP contribution in [0.3, 0.4) is 0 Å². The highest BCUT2D eigenvalue weighted by molar-refractivity contribution is 5.35. The first-order valence-electron chi connectivity index (χ1n) is 5.74. The number of hydrogen-bond donors (Lipinski definition) is 2. The van der Waals surface area contributed by atoms with Gasteiger partial charge in [0.25, 0.3) is 0 Å². The van der Waals surface area contributed by atoms with Crippen LogP contribution in [-0.2, 0) is 0 Å². The molecule has 0 unspecified atom stereocenters. The summed E-state index contributed by atoms with van der Waals surface area (Å²) in [5.74, 6) is 2.02. The van der Waals surface area contributed by atoms with Crippen molar-refractivity contribution in [3.63, 3.8) is 0 Å². The third-order valence-corrected chi connectivity index (χ3v) is 3.08. The SMILES string of the molecule is CN1CCC(CNc2cnc(N)cn2)CC1. The van der Waals surface area contributed by atoms with Crippen molar-refractivity contribution in [1.82, 2.24) is 14.9 Å². The van der Waals surface area contributed by atoms with Crippen molar-refractivity contribution in [3.8, 4) is 0 Å². The molecule has 3 N–H and O–H groups in total. The third kappa shape index (κ3) is 3.06. The number of rotatable bonds is 3. The molecule has 2 rings (SSSR count). The first-order valence-corrected chi connectivity index (χ1v) is 5.74. The number of likely N-dealkylation sites (tertiary alicyclic amines) is 1. The molecule has 0 aliphatic carbocycles. The van der Waals surface area contributed by atoms with Gasteiger partial charge in [0, 0.05) is 6.54 Å². The maximum Gasteiger partial charge on any atom is 0.144 e. The molecule has 0 saturated carbocycles. The van der Waals surface area contributed by atoms with Gasteiger partial charge in [-0.25, -0.2) is 9.97 Å². The summed E-state index contributed by atoms with van der Waals surface area (Å²) in [6.45, 7) is 3.37. The highest BCUT2D eigenvalue weighted by Crippen LogP contribution is 2.16. The first-order chi connectivity index (χ1) is 7.74. The maximum atomic E-state index is 5.47. The van der Waals surface area contributed by atoms with Crippen LogP contribution in [-0.4, -0.2) is 41.5 Å². The number of anilines is 2. The Kier molecular flexibility index (Phi) is 3.56. The van der Waals surface area contributed by atoms with E-state index >= 15 is 0 Å². The second-order valence-corrected chi connectivity index (χ2v) is 4.45. The molecule has 0 amide bonds. The molecule has 16 heavy (non-hydrogen) atoms. The molecule has 1 aromatic rings. The Hall–Kier alpha value is -1.36. The van der Waals surface area contributed by atoms with Crippen molar-refractivity contribution < 1.29 is 0 Å². The predicted octanol–water partition coefficient (Wildman–Crippen LogP) is 0.812. The van der Waals surface area contributed by atoms with Crippen molar-refractivity contribution in [2.24, 2.45) is 5.92 Å². The van der Waals surface area contributed by atoms with Gasteiger partial charge in [-0.1, -0.05) is 0 Å². The van der Waals surface area contributed by atoms with Crippen molar-refractivity contribution in [2.45, 2.75) is 12.8 Å². The lowest BCUT2D eigenvalue weighted by molar-refractivity contribution is 0.226. The van der Waals surface area contributed by atoms with E-state index in [0.717, 1.165) is 18.3 Å². The topological polar surface area (TPSA) is 67.1 Å². The van der Waals surface area contributed by atoms with Crippen molar-refractivity contribution >= 4 is 11.6 Å². The van der Waals surface area contributed by atoms with Crippen LogP contribution >= 0.6 is 0 Å². The Bertz CT molecular complexity index is 316. The molecule has 1 aliphatic heterocycles. The van der Waals surface area contributed by atoms with Gasteiger partial charge in [0.05, 0.1) is 12.4 Å². The van der Waals surface area contributed by atoms with E-state index in [1.807, 2.05) is 0 Å². The molecule has 1 aromatic heterocycles. The van der Waals surface area contributed by atoms with Gasteiger partial charge in [-0.3, -0.25) is 0 Å². The van der Waals surface area contributed by atoms with Gasteiger partial charge in [-0.05, 0) is 38.9 Å². The third-order valence-electron chi connectivity index (χ3n) is 3.08. The molecule has 0 aromatic carbocycles. The number of nitrogens with zero attached hydrogens (tertiary/aromatic N) is 3. The van der Waals surface area contributed by atoms with Gasteiger partial charge in [-0.2, -0.15) is 0 Å². The minimum atomic E-state index is 0.463. The number of nitrogen functional groups attached to an aromatic ring is 1. The van der Waals surface area contributed by atoms with Crippen LogP contribution < -0.4 is 11.1 Å². The molecular weight excluding hydrogens is 202 g/mol. The first kappa shape index (κ1) is 11.1. The molecule has 2 heterocycles. The van der Waals surface area contributed by atoms with Gasteiger partial charge >= 0.3 is 0 Å². The zero-order chi connectivity index (χ0) is 11.4. The van der Waals surface area contributed by atoms with Crippen molar-refractivity contribution in [2.75, 3.05) is 37.7 Å². The Morgan fingerprint density at radius 3 is 2.75 bits per heavy atom. The van der Waals surface area contributed by atoms with Crippen LogP contribution in [0.15, 0.2) is 12.4 Å². The quantitative estimate of drug-likeness (QED) is 0.790. The highest BCUT2D eigenvalue weighted by atomic mass is 15.1. The number of nitrogens with one attached hydrogen (secondary N) is 1. The average molecular weight is 221 g/mol. The van der Waals surface area contributed by atoms with Crippen LogP contribution in [0.25, 0.3) is 0 Å². The Morgan fingerprint density at radius 1 is 1.38 bits per heavy atom. The summed E-state index contributed by atoms with van der Waals surface area (Å²) < 4.78 is 0. The van der Waals surface area contributed by atoms with Gasteiger partial charge in [0.1, 0.15) is 11.6 Å². The molecule has 88 valence electrons. The lowest BCUT2D eigenvalue weighted by Gasteiger charge is -2.29. The Balaban J connectivity index is 1.77. The normalized spacial score (nSPS) is 18.6. The van der Waals surface area contributed by atoms with Crippen molar-refractivity contribution in [1.29, 1.82) is 0 Å². The van der Waals surface area contributed by atoms with Crippen LogP contribution in [0, 0.1) is 5.92 Å². The number of nitrogens with two attached hydrogens (primary N) is 1. The molecule has 5 nitrogen and oxygen atoms in total. The largest absolute Gasteiger partial charge is 0.382 e. The summed E-state index contributed by atoms with van der Waals surface area (Å²) in [6, 6.07) is 0. The lowest BCUT2D eigenvalue weighted by atomic mass is 9.97. The summed E-state index contributed by atoms with van der Waals surface area (Å²) >= 11 is 0. The van der Waals surface area contributed by atoms with Gasteiger partial charge in [0.15, 0.2) is 0 Å². The van der Waals surface area contributed by atoms with E-state index in [9.17, 15) is 0 Å². The molecular formula is C11H19N5. The van der Waals surface area contributed by atoms with E-state index in [1.54, 1.807) is 12.4 Å². The van der Waals surface area contributed by atoms with Crippen LogP contribution in [0.4, 0.5) is 11.6 Å². The molecule has 0 atom stereocenters. The maximum absolute atomic E-state index is 5.47. The van der Waals surface area contributed by atoms with Gasteiger partial charge in [0.2, 0.25) is 0 Å². The monoisotopic (exact) mass is 221 g/mol. The number of aromatic nitrogens is 2. The Labute approximate surface area is 96.1 Å². The molecule has 0 spiro atoms. The predicted molar refractivity (Wildman–Crippen MR) is 65.2 cm³/mol. The van der Waals surface area contributed by atoms with Crippen LogP contribution in [0.5, 0.6) is 0 Å². The molecule has 1 fully saturated rings. The molecule has 0 radical (unpaired) electrons. The van der Waals surface area contributed by atoms with E-state index in [-0.39, 0.29) is 0 Å². The summed E-state index contributed by atoms with van der Waals surface area (Å²) in [5.41, 5.74) is 5.47. The van der Waals surface area contributed by atoms with E-state index in [4.69, 9.17) is 5.73 Å². The summed E-state index contributed by atoms with van der Waals surface area (Å²) in [6.07, 6.45) is 5.78. The Morgan fingerprint density at radius 2 is 2.12 bits per heavy atom. The zero-order valence-electron chi connectivity index (χ0n) is 9.69. The minimum Gasteiger partial charge on any atom is -0.382 e. The average Bonchev–Trinajstić information content (AvgIpc) is 2.30. The lowest BCUT2D eigenvalue weighted by Crippen LogP contribution is -2.33. The molecule has 0 bridgehead atoms. The summed E-state index contributed by atoms with van der Waals surface area (Å²) in [4.78, 5) is 10.5. The minimum absolute atomic E-state index is 0.463. The van der Waals surface area contributed by atoms with Crippen LogP contribution in [0.2, 0.25) is 0 Å². The smallest absolute Gasteiger partial charge is 0.144 e. The van der Waals surface area contributed by atoms with Gasteiger partial charge < -0.3 is 16.0 Å². The van der Waals surface area contributed by atoms with E-state index < -0.39 is 0 Å². The highest BCUT2D eigenvalue weighted by Gasteiger charge is 2.16. The fourth-order valence-electron chi connectivity index (χ4n) is 1.94. The number of hydrogen-bond acceptors (Lipinski definition) is 5. The molecule has 1 saturated heterocycles. The fourth-order valence-corrected chi connectivity index (χ4v) is 1.94. The van der Waals surface area contributed by atoms with E-state index in [2.05, 4.69) is 27.2 Å². The second-order valence-electron chi connectivity index (χ2n) is 4.45. The standard InChI is InChI=1S/C11H19N5/c1-16-4-2-9(3-5-16)6-14-11-8-13-10(12)7-15-11/h7-9H,2-6H2,1H3,(H2,12,13)(H,14,15). The number of piperidine rings is 1. The van der Waals surface area contributed by atoms with Crippen molar-refractivity contribution in [3.05, 3.63) is 12.4 Å². The van der Waals surface area contributed by atoms with Crippen LogP contribution in [0.1, 0.15) is 12.8 Å². The fraction of sp³-hybridized carbons (Fsp3) is 0.636. The molecule has 5 heteroatoms. The summed E-state index contributed by atoms with van der Waals surface area (Å²) in [5, 5.41) is 3.31. The van der Waals surface area contributed by atoms with E-state index in [1.165, 1.54) is 25.9 Å².